The molecule has 0 N–H and O–H groups in total. The summed E-state index contributed by atoms with van der Waals surface area (Å²) in [6, 6.07) is 0. The molecule has 1 fully saturated rings. The molecule has 2 unspecified atom stereocenters. The van der Waals surface area contributed by atoms with Gasteiger partial charge in [0.1, 0.15) is 0 Å². The molecular weight excluding hydrogens is 497 g/mol. The van der Waals surface area contributed by atoms with Gasteiger partial charge >= 0.3 is 176 Å². The molecule has 1 aliphatic rings. The van der Waals surface area contributed by atoms with Gasteiger partial charge in [-0.3, -0.25) is 0 Å². The van der Waals surface area contributed by atoms with Gasteiger partial charge in [-0.05, 0) is 0 Å². The number of carbonyl (C=O) groups is 4. The second-order valence-corrected chi connectivity index (χ2v) is 9.14. The van der Waals surface area contributed by atoms with E-state index in [1.54, 1.807) is 0 Å². The van der Waals surface area contributed by atoms with Crippen LogP contribution < -0.4 is 34.7 Å². The largest absolute Gasteiger partial charge is 1.00 e. The second kappa shape index (κ2) is 11.6. The van der Waals surface area contributed by atoms with Gasteiger partial charge in [-0.1, -0.05) is 0 Å². The van der Waals surface area contributed by atoms with Crippen molar-refractivity contribution in [1.82, 2.24) is 0 Å². The predicted octanol–water partition coefficient (Wildman–Crippen LogP) is -3.96. The Labute approximate surface area is 174 Å². The first kappa shape index (κ1) is 23.1. The van der Waals surface area contributed by atoms with E-state index in [4.69, 9.17) is 9.05 Å². The van der Waals surface area contributed by atoms with E-state index in [0.29, 0.717) is 10.8 Å². The number of carbonyl (C=O) groups excluding carboxylic acids is 4. The number of rotatable bonds is 6. The van der Waals surface area contributed by atoms with E-state index in [-0.39, 0.29) is 36.0 Å². The fraction of sp³-hybridized carbons (Fsp3) is 0.500. The predicted molar refractivity (Wildman–Crippen MR) is 79.0 cm³/mol. The van der Waals surface area contributed by atoms with Gasteiger partial charge in [-0.15, -0.1) is 0 Å². The van der Waals surface area contributed by atoms with Crippen LogP contribution >= 0.6 is 44.9 Å². The molecule has 14 heteroatoms. The maximum Gasteiger partial charge on any atom is 1.00 e. The molecule has 0 spiro atoms. The minimum Gasteiger partial charge on any atom is 1.00 e. The third-order valence-electron chi connectivity index (χ3n) is 1.99. The molecule has 0 aliphatic carbocycles. The summed E-state index contributed by atoms with van der Waals surface area (Å²) in [6.45, 7) is 0. The van der Waals surface area contributed by atoms with Gasteiger partial charge in [0.2, 0.25) is 0 Å². The van der Waals surface area contributed by atoms with Crippen LogP contribution in [0.2, 0.25) is 0 Å². The van der Waals surface area contributed by atoms with Crippen LogP contribution in [-0.4, -0.2) is 55.8 Å². The normalized spacial score (nSPS) is 20.0. The summed E-state index contributed by atoms with van der Waals surface area (Å²) in [7, 11) is 1.45. The molecule has 0 aromatic heterocycles. The first-order valence-electron chi connectivity index (χ1n) is 5.12. The molecule has 0 bridgehead atoms. The van der Waals surface area contributed by atoms with Gasteiger partial charge in [-0.25, -0.2) is 0 Å². The summed E-state index contributed by atoms with van der Waals surface area (Å²) in [5.74, 6) is -3.95. The number of aliphatic carboxylic acids is 1. The third kappa shape index (κ3) is 7.78. The van der Waals surface area contributed by atoms with Crippen LogP contribution in [0.4, 0.5) is 0 Å². The first-order chi connectivity index (χ1) is 9.87. The minimum atomic E-state index is -3.85. The summed E-state index contributed by atoms with van der Waals surface area (Å²) in [5, 5.41) is 8.48. The molecule has 0 aromatic carbocycles. The van der Waals surface area contributed by atoms with Crippen LogP contribution in [0.5, 0.6) is 0 Å². The Kier molecular flexibility index (Phi) is 12.2. The Hall–Kier alpha value is 1.10. The summed E-state index contributed by atoms with van der Waals surface area (Å²) >= 11 is 3.73. The smallest absolute Gasteiger partial charge is 1.00 e. The Morgan fingerprint density at radius 1 is 1.41 bits per heavy atom. The van der Waals surface area contributed by atoms with E-state index in [0.717, 1.165) is 10.8 Å². The zero-order valence-corrected chi connectivity index (χ0v) is 19.0. The van der Waals surface area contributed by atoms with Crippen LogP contribution in [0.1, 0.15) is 12.8 Å². The fourth-order valence-electron chi connectivity index (χ4n) is 1.07. The molecule has 0 amide bonds. The summed E-state index contributed by atoms with van der Waals surface area (Å²) in [4.78, 5) is 45.2. The second-order valence-electron chi connectivity index (χ2n) is 3.48. The summed E-state index contributed by atoms with van der Waals surface area (Å²) in [6.07, 6.45) is -0.868. The average Bonchev–Trinajstić information content (AvgIpc) is 2.53. The standard InChI is InChI=1S/2C4H6O4S2.Na.Sb/c2*5-3(6)1-2(10-9)4(7)8;;/h2*2,9H,1H2,(H,5,6)(H,7,8);;/q;;+1;+3/p-4. The third-order valence-corrected chi connectivity index (χ3v) is 7.63. The summed E-state index contributed by atoms with van der Waals surface area (Å²) < 4.78 is 14.5. The van der Waals surface area contributed by atoms with Gasteiger partial charge in [-0.2, -0.15) is 0 Å². The number of hydrogen-bond acceptors (Lipinski definition) is 12. The Balaban J connectivity index is 0.00000441. The van der Waals surface area contributed by atoms with Crippen LogP contribution in [0.15, 0.2) is 0 Å². The van der Waals surface area contributed by atoms with E-state index >= 15 is 0 Å². The van der Waals surface area contributed by atoms with Crippen LogP contribution in [0.25, 0.3) is 0 Å². The van der Waals surface area contributed by atoms with Crippen molar-refractivity contribution >= 4 is 90.3 Å². The topological polar surface area (TPSA) is 119 Å². The van der Waals surface area contributed by atoms with E-state index < -0.39 is 62.3 Å². The van der Waals surface area contributed by atoms with Crippen molar-refractivity contribution in [3.05, 3.63) is 0 Å². The zero-order valence-electron chi connectivity index (χ0n) is 11.0. The molecule has 0 aromatic rings. The quantitative estimate of drug-likeness (QED) is 0.211. The fourth-order valence-corrected chi connectivity index (χ4v) is 5.72. The van der Waals surface area contributed by atoms with Gasteiger partial charge in [0.25, 0.3) is 0 Å². The van der Waals surface area contributed by atoms with E-state index in [1.807, 2.05) is 0 Å². The molecular formula is C8H8NaO8S4Sb. The van der Waals surface area contributed by atoms with Crippen molar-refractivity contribution in [3.8, 4) is 0 Å². The molecule has 1 saturated heterocycles. The van der Waals surface area contributed by atoms with E-state index in [1.165, 1.54) is 0 Å². The van der Waals surface area contributed by atoms with Crippen molar-refractivity contribution < 1.29 is 62.9 Å². The summed E-state index contributed by atoms with van der Waals surface area (Å²) in [5.41, 5.74) is 0. The van der Waals surface area contributed by atoms with Crippen molar-refractivity contribution in [2.45, 2.75) is 23.3 Å². The first-order valence-corrected chi connectivity index (χ1v) is 12.1. The van der Waals surface area contributed by atoms with Crippen molar-refractivity contribution in [3.63, 3.8) is 0 Å². The van der Waals surface area contributed by atoms with E-state index in [2.05, 4.69) is 23.3 Å². The maximum absolute atomic E-state index is 11.7. The van der Waals surface area contributed by atoms with Gasteiger partial charge in [0.15, 0.2) is 0 Å². The maximum atomic E-state index is 11.7. The average molecular weight is 505 g/mol. The minimum absolute atomic E-state index is 0. The number of carboxylic acids is 1. The molecule has 2 atom stereocenters. The molecule has 1 rings (SSSR count). The van der Waals surface area contributed by atoms with Gasteiger partial charge in [0.05, 0.1) is 0 Å². The zero-order chi connectivity index (χ0) is 16.0. The number of thiol groups is 2. The Morgan fingerprint density at radius 3 is 2.55 bits per heavy atom. The van der Waals surface area contributed by atoms with Crippen LogP contribution in [0.3, 0.4) is 0 Å². The van der Waals surface area contributed by atoms with E-state index in [9.17, 15) is 24.3 Å². The molecule has 118 valence electrons. The van der Waals surface area contributed by atoms with Crippen molar-refractivity contribution in [2.75, 3.05) is 0 Å². The molecule has 22 heavy (non-hydrogen) atoms. The number of hydrogen-bond donors (Lipinski definition) is 2. The monoisotopic (exact) mass is 504 g/mol. The van der Waals surface area contributed by atoms with Crippen molar-refractivity contribution in [1.29, 1.82) is 0 Å². The molecule has 0 saturated carbocycles. The van der Waals surface area contributed by atoms with Crippen molar-refractivity contribution in [2.24, 2.45) is 0 Å². The molecule has 8 nitrogen and oxygen atoms in total. The Bertz CT molecular complexity index is 452. The molecule has 1 aliphatic heterocycles. The molecule has 0 radical (unpaired) electrons. The van der Waals surface area contributed by atoms with Crippen LogP contribution in [-0.2, 0) is 28.2 Å². The van der Waals surface area contributed by atoms with Gasteiger partial charge in [0, 0.05) is 0 Å². The number of carboxylic acid groups (broad SMARTS) is 1. The molecule has 1 heterocycles. The van der Waals surface area contributed by atoms with Gasteiger partial charge < -0.3 is 0 Å². The Morgan fingerprint density at radius 2 is 2.05 bits per heavy atom. The van der Waals surface area contributed by atoms with Crippen LogP contribution in [0, 0.1) is 0 Å². The SMILES string of the molecule is O=C([O-])CC(SS)C(=O)[O][Sb]1[O]C(=O)CC(SS)C(=O)[O]1.[Na+].